The molecule has 0 saturated carbocycles. The Morgan fingerprint density at radius 1 is 1.14 bits per heavy atom. The Hall–Kier alpha value is -1.48. The fourth-order valence-corrected chi connectivity index (χ4v) is 4.44. The molecule has 2 aliphatic rings. The summed E-state index contributed by atoms with van der Waals surface area (Å²) in [4.78, 5) is 0. The van der Waals surface area contributed by atoms with E-state index in [9.17, 15) is 15.3 Å². The number of benzene rings is 2. The number of fused-ring (bicyclic) bond motifs is 2. The Bertz CT molecular complexity index is 870. The van der Waals surface area contributed by atoms with Crippen LogP contribution in [0.1, 0.15) is 29.2 Å². The SMILES string of the molecule is COc1ccc(Cc2cc3c(cc2Br)CO[C@]32O[C@H](C)[C@@H](O)[C@H](O)[C@H]2O)cc1. The summed E-state index contributed by atoms with van der Waals surface area (Å²) in [7, 11) is 1.63. The second-order valence-corrected chi connectivity index (χ2v) is 8.19. The zero-order valence-corrected chi connectivity index (χ0v) is 17.2. The second kappa shape index (κ2) is 7.40. The molecule has 0 aromatic heterocycles. The molecule has 150 valence electrons. The lowest BCUT2D eigenvalue weighted by molar-refractivity contribution is -0.362. The van der Waals surface area contributed by atoms with E-state index in [4.69, 9.17) is 14.2 Å². The predicted octanol–water partition coefficient (Wildman–Crippen LogP) is 2.23. The van der Waals surface area contributed by atoms with Gasteiger partial charge >= 0.3 is 0 Å². The maximum Gasteiger partial charge on any atom is 0.225 e. The predicted molar refractivity (Wildman–Crippen MR) is 105 cm³/mol. The van der Waals surface area contributed by atoms with Crippen LogP contribution in [0.25, 0.3) is 0 Å². The number of hydrogen-bond acceptors (Lipinski definition) is 6. The fourth-order valence-electron chi connectivity index (χ4n) is 3.91. The van der Waals surface area contributed by atoms with E-state index in [1.165, 1.54) is 0 Å². The molecule has 1 saturated heterocycles. The van der Waals surface area contributed by atoms with Crippen molar-refractivity contribution in [3.63, 3.8) is 0 Å². The van der Waals surface area contributed by atoms with Gasteiger partial charge in [0.2, 0.25) is 5.79 Å². The van der Waals surface area contributed by atoms with Gasteiger partial charge < -0.3 is 29.5 Å². The normalized spacial score (nSPS) is 31.8. The highest BCUT2D eigenvalue weighted by Gasteiger charge is 2.57. The summed E-state index contributed by atoms with van der Waals surface area (Å²) < 4.78 is 17.9. The van der Waals surface area contributed by atoms with Gasteiger partial charge in [-0.2, -0.15) is 0 Å². The molecule has 0 unspecified atom stereocenters. The van der Waals surface area contributed by atoms with Crippen molar-refractivity contribution >= 4 is 15.9 Å². The molecule has 28 heavy (non-hydrogen) atoms. The summed E-state index contributed by atoms with van der Waals surface area (Å²) in [5, 5.41) is 31.0. The molecule has 1 fully saturated rings. The van der Waals surface area contributed by atoms with Crippen molar-refractivity contribution in [1.29, 1.82) is 0 Å². The van der Waals surface area contributed by atoms with Gasteiger partial charge in [0.1, 0.15) is 24.1 Å². The first kappa shape index (κ1) is 19.8. The van der Waals surface area contributed by atoms with Gasteiger partial charge in [0.05, 0.1) is 19.8 Å². The Morgan fingerprint density at radius 3 is 2.54 bits per heavy atom. The van der Waals surface area contributed by atoms with Crippen molar-refractivity contribution in [3.05, 3.63) is 63.1 Å². The molecule has 0 bridgehead atoms. The van der Waals surface area contributed by atoms with E-state index in [1.807, 2.05) is 36.4 Å². The number of rotatable bonds is 3. The Morgan fingerprint density at radius 2 is 1.86 bits per heavy atom. The highest BCUT2D eigenvalue weighted by atomic mass is 79.9. The van der Waals surface area contributed by atoms with Crippen LogP contribution in [0.3, 0.4) is 0 Å². The summed E-state index contributed by atoms with van der Waals surface area (Å²) in [6.07, 6.45) is -3.95. The maximum absolute atomic E-state index is 10.7. The molecule has 2 aliphatic heterocycles. The molecule has 0 radical (unpaired) electrons. The minimum absolute atomic E-state index is 0.253. The first-order valence-corrected chi connectivity index (χ1v) is 9.95. The van der Waals surface area contributed by atoms with E-state index >= 15 is 0 Å². The van der Waals surface area contributed by atoms with E-state index in [0.717, 1.165) is 26.9 Å². The van der Waals surface area contributed by atoms with Crippen molar-refractivity contribution in [3.8, 4) is 5.75 Å². The molecule has 1 spiro atoms. The van der Waals surface area contributed by atoms with Crippen LogP contribution in [0.2, 0.25) is 0 Å². The van der Waals surface area contributed by atoms with Crippen molar-refractivity contribution in [2.45, 2.75) is 50.2 Å². The molecule has 0 amide bonds. The summed E-state index contributed by atoms with van der Waals surface area (Å²) in [5.74, 6) is -0.688. The first-order chi connectivity index (χ1) is 13.4. The molecule has 6 nitrogen and oxygen atoms in total. The number of halogens is 1. The summed E-state index contributed by atoms with van der Waals surface area (Å²) in [6.45, 7) is 1.91. The molecule has 7 heteroatoms. The third-order valence-electron chi connectivity index (χ3n) is 5.55. The minimum atomic E-state index is -1.48. The lowest BCUT2D eigenvalue weighted by atomic mass is 9.86. The van der Waals surface area contributed by atoms with Gasteiger partial charge in [-0.1, -0.05) is 28.1 Å². The van der Waals surface area contributed by atoms with E-state index in [2.05, 4.69) is 15.9 Å². The summed E-state index contributed by atoms with van der Waals surface area (Å²) in [5.41, 5.74) is 3.66. The van der Waals surface area contributed by atoms with E-state index in [0.29, 0.717) is 12.0 Å². The molecular formula is C21H23BrO6. The van der Waals surface area contributed by atoms with E-state index in [1.54, 1.807) is 14.0 Å². The van der Waals surface area contributed by atoms with Gasteiger partial charge in [0, 0.05) is 10.0 Å². The average Bonchev–Trinajstić information content (AvgIpc) is 3.04. The topological polar surface area (TPSA) is 88.4 Å². The first-order valence-electron chi connectivity index (χ1n) is 9.16. The number of hydrogen-bond donors (Lipinski definition) is 3. The smallest absolute Gasteiger partial charge is 0.225 e. The second-order valence-electron chi connectivity index (χ2n) is 7.33. The highest BCUT2D eigenvalue weighted by molar-refractivity contribution is 9.10. The molecule has 3 N–H and O–H groups in total. The summed E-state index contributed by atoms with van der Waals surface area (Å²) >= 11 is 3.62. The van der Waals surface area contributed by atoms with Crippen LogP contribution in [-0.2, 0) is 28.3 Å². The molecule has 4 rings (SSSR count). The van der Waals surface area contributed by atoms with Crippen LogP contribution in [0, 0.1) is 0 Å². The number of ether oxygens (including phenoxy) is 3. The number of aliphatic hydroxyl groups is 3. The van der Waals surface area contributed by atoms with Crippen molar-refractivity contribution < 1.29 is 29.5 Å². The third kappa shape index (κ3) is 3.16. The zero-order chi connectivity index (χ0) is 20.1. The van der Waals surface area contributed by atoms with Crippen LogP contribution in [0.15, 0.2) is 40.9 Å². The standard InChI is InChI=1S/C21H23BrO6/c1-11-18(23)19(24)20(25)21(28-11)16-8-13(17(22)9-14(16)10-27-21)7-12-3-5-15(26-2)6-4-12/h3-6,8-9,11,18-20,23-25H,7,10H2,1-2H3/t11-,18-,19+,20-,21+/m1/s1. The molecular weight excluding hydrogens is 428 g/mol. The van der Waals surface area contributed by atoms with Crippen molar-refractivity contribution in [2.75, 3.05) is 7.11 Å². The van der Waals surface area contributed by atoms with E-state index < -0.39 is 30.2 Å². The molecule has 2 aromatic rings. The van der Waals surface area contributed by atoms with Crippen LogP contribution >= 0.6 is 15.9 Å². The Balaban J connectivity index is 1.70. The van der Waals surface area contributed by atoms with Gasteiger partial charge in [0.25, 0.3) is 0 Å². The zero-order valence-electron chi connectivity index (χ0n) is 15.6. The molecule has 2 aromatic carbocycles. The molecule has 5 atom stereocenters. The lowest BCUT2D eigenvalue weighted by Gasteiger charge is -2.45. The van der Waals surface area contributed by atoms with Gasteiger partial charge in [-0.3, -0.25) is 0 Å². The maximum atomic E-state index is 10.7. The minimum Gasteiger partial charge on any atom is -0.497 e. The number of aliphatic hydroxyl groups excluding tert-OH is 3. The highest BCUT2D eigenvalue weighted by Crippen LogP contribution is 2.47. The van der Waals surface area contributed by atoms with Crippen molar-refractivity contribution in [1.82, 2.24) is 0 Å². The molecule has 2 heterocycles. The van der Waals surface area contributed by atoms with Crippen LogP contribution < -0.4 is 4.74 Å². The third-order valence-corrected chi connectivity index (χ3v) is 6.29. The average molecular weight is 451 g/mol. The lowest BCUT2D eigenvalue weighted by Crippen LogP contribution is -2.62. The summed E-state index contributed by atoms with van der Waals surface area (Å²) in [6, 6.07) is 11.7. The van der Waals surface area contributed by atoms with Gasteiger partial charge in [-0.05, 0) is 54.3 Å². The Kier molecular flexibility index (Phi) is 5.24. The van der Waals surface area contributed by atoms with E-state index in [-0.39, 0.29) is 6.61 Å². The number of methoxy groups -OCH3 is 1. The van der Waals surface area contributed by atoms with Crippen LogP contribution in [0.5, 0.6) is 5.75 Å². The molecule has 0 aliphatic carbocycles. The van der Waals surface area contributed by atoms with Gasteiger partial charge in [0.15, 0.2) is 0 Å². The van der Waals surface area contributed by atoms with Gasteiger partial charge in [-0.25, -0.2) is 0 Å². The van der Waals surface area contributed by atoms with Crippen molar-refractivity contribution in [2.24, 2.45) is 0 Å². The van der Waals surface area contributed by atoms with Crippen LogP contribution in [0.4, 0.5) is 0 Å². The van der Waals surface area contributed by atoms with Crippen LogP contribution in [-0.4, -0.2) is 46.8 Å². The largest absolute Gasteiger partial charge is 0.497 e. The van der Waals surface area contributed by atoms with Gasteiger partial charge in [-0.15, -0.1) is 0 Å². The monoisotopic (exact) mass is 450 g/mol. The Labute approximate surface area is 171 Å². The fraction of sp³-hybridized carbons (Fsp3) is 0.429. The quantitative estimate of drug-likeness (QED) is 0.664.